The first-order chi connectivity index (χ1) is 6.50. The first-order valence-corrected chi connectivity index (χ1v) is 4.65. The summed E-state index contributed by atoms with van der Waals surface area (Å²) >= 11 is 3.23. The number of hydrogen-bond donors (Lipinski definition) is 0. The molecule has 0 aromatic heterocycles. The van der Waals surface area contributed by atoms with Crippen molar-refractivity contribution in [2.24, 2.45) is 0 Å². The van der Waals surface area contributed by atoms with Crippen LogP contribution in [-0.4, -0.2) is 12.8 Å². The highest BCUT2D eigenvalue weighted by Crippen LogP contribution is 2.23. The molecule has 0 aliphatic heterocycles. The Balaban J connectivity index is 2.73. The summed E-state index contributed by atoms with van der Waals surface area (Å²) in [6, 6.07) is 4.52. The van der Waals surface area contributed by atoms with Crippen molar-refractivity contribution in [2.45, 2.75) is 19.7 Å². The first kappa shape index (κ1) is 11.4. The fourth-order valence-electron chi connectivity index (χ4n) is 0.872. The predicted molar refractivity (Wildman–Crippen MR) is 50.4 cm³/mol. The molecule has 0 radical (unpaired) electrons. The van der Waals surface area contributed by atoms with Crippen LogP contribution in [0.15, 0.2) is 22.7 Å². The van der Waals surface area contributed by atoms with Crippen molar-refractivity contribution in [1.82, 2.24) is 0 Å². The third-order valence-corrected chi connectivity index (χ3v) is 2.47. The SMILES string of the molecule is Cc1cc(OC(F)C(F)F)ccc1Br. The van der Waals surface area contributed by atoms with E-state index in [1.54, 1.807) is 13.0 Å². The van der Waals surface area contributed by atoms with Crippen LogP contribution in [0.1, 0.15) is 5.56 Å². The number of rotatable bonds is 3. The Morgan fingerprint density at radius 1 is 1.29 bits per heavy atom. The Bertz CT molecular complexity index is 317. The number of halogens is 4. The summed E-state index contributed by atoms with van der Waals surface area (Å²) in [6.07, 6.45) is -5.70. The molecule has 1 aromatic carbocycles. The zero-order valence-electron chi connectivity index (χ0n) is 7.31. The molecule has 14 heavy (non-hydrogen) atoms. The van der Waals surface area contributed by atoms with Crippen molar-refractivity contribution in [3.05, 3.63) is 28.2 Å². The summed E-state index contributed by atoms with van der Waals surface area (Å²) in [5.74, 6) is 0.0958. The monoisotopic (exact) mass is 268 g/mol. The molecule has 1 nitrogen and oxygen atoms in total. The van der Waals surface area contributed by atoms with E-state index in [0.29, 0.717) is 0 Å². The number of hydrogen-bond acceptors (Lipinski definition) is 1. The summed E-state index contributed by atoms with van der Waals surface area (Å²) in [6.45, 7) is 1.76. The van der Waals surface area contributed by atoms with Crippen molar-refractivity contribution in [1.29, 1.82) is 0 Å². The topological polar surface area (TPSA) is 9.23 Å². The highest BCUT2D eigenvalue weighted by Gasteiger charge is 2.20. The van der Waals surface area contributed by atoms with Gasteiger partial charge in [0, 0.05) is 4.47 Å². The molecule has 0 fully saturated rings. The van der Waals surface area contributed by atoms with Gasteiger partial charge in [0.05, 0.1) is 0 Å². The van der Waals surface area contributed by atoms with Gasteiger partial charge in [-0.05, 0) is 30.7 Å². The van der Waals surface area contributed by atoms with Gasteiger partial charge >= 0.3 is 6.43 Å². The van der Waals surface area contributed by atoms with Crippen LogP contribution in [0.2, 0.25) is 0 Å². The Labute approximate surface area is 88.0 Å². The molecule has 1 aromatic rings. The van der Waals surface area contributed by atoms with Crippen LogP contribution >= 0.6 is 15.9 Å². The lowest BCUT2D eigenvalue weighted by molar-refractivity contribution is -0.0669. The van der Waals surface area contributed by atoms with Crippen LogP contribution in [0.5, 0.6) is 5.75 Å². The average Bonchev–Trinajstić information content (AvgIpc) is 2.11. The van der Waals surface area contributed by atoms with Crippen molar-refractivity contribution >= 4 is 15.9 Å². The molecular weight excluding hydrogens is 261 g/mol. The summed E-state index contributed by atoms with van der Waals surface area (Å²) in [4.78, 5) is 0. The molecule has 1 rings (SSSR count). The van der Waals surface area contributed by atoms with E-state index >= 15 is 0 Å². The minimum Gasteiger partial charge on any atom is -0.454 e. The van der Waals surface area contributed by atoms with E-state index in [0.717, 1.165) is 10.0 Å². The van der Waals surface area contributed by atoms with Gasteiger partial charge in [-0.15, -0.1) is 0 Å². The Morgan fingerprint density at radius 2 is 1.93 bits per heavy atom. The van der Waals surface area contributed by atoms with Crippen LogP contribution in [0, 0.1) is 6.92 Å². The Kier molecular flexibility index (Phi) is 3.80. The van der Waals surface area contributed by atoms with Crippen molar-refractivity contribution < 1.29 is 17.9 Å². The second-order valence-corrected chi connectivity index (χ2v) is 3.57. The third-order valence-electron chi connectivity index (χ3n) is 1.58. The van der Waals surface area contributed by atoms with Crippen LogP contribution < -0.4 is 4.74 Å². The molecule has 0 saturated carbocycles. The van der Waals surface area contributed by atoms with Gasteiger partial charge in [-0.3, -0.25) is 0 Å². The van der Waals surface area contributed by atoms with E-state index < -0.39 is 12.8 Å². The molecule has 78 valence electrons. The van der Waals surface area contributed by atoms with Crippen molar-refractivity contribution in [3.8, 4) is 5.75 Å². The molecule has 0 saturated heterocycles. The quantitative estimate of drug-likeness (QED) is 0.813. The number of ether oxygens (including phenoxy) is 1. The highest BCUT2D eigenvalue weighted by atomic mass is 79.9. The lowest BCUT2D eigenvalue weighted by atomic mass is 10.2. The molecule has 0 aliphatic carbocycles. The second kappa shape index (κ2) is 4.68. The Morgan fingerprint density at radius 3 is 2.43 bits per heavy atom. The predicted octanol–water partition coefficient (Wildman–Crippen LogP) is 3.70. The van der Waals surface area contributed by atoms with Crippen molar-refractivity contribution in [3.63, 3.8) is 0 Å². The smallest absolute Gasteiger partial charge is 0.304 e. The van der Waals surface area contributed by atoms with Crippen LogP contribution in [0.3, 0.4) is 0 Å². The van der Waals surface area contributed by atoms with Gasteiger partial charge in [0.1, 0.15) is 5.75 Å². The van der Waals surface area contributed by atoms with Gasteiger partial charge < -0.3 is 4.74 Å². The molecule has 1 unspecified atom stereocenters. The summed E-state index contributed by atoms with van der Waals surface area (Å²) in [7, 11) is 0. The fraction of sp³-hybridized carbons (Fsp3) is 0.333. The highest BCUT2D eigenvalue weighted by molar-refractivity contribution is 9.10. The molecular formula is C9H8BrF3O. The van der Waals surface area contributed by atoms with Gasteiger partial charge in [-0.1, -0.05) is 15.9 Å². The fourth-order valence-corrected chi connectivity index (χ4v) is 1.12. The van der Waals surface area contributed by atoms with E-state index in [9.17, 15) is 13.2 Å². The largest absolute Gasteiger partial charge is 0.454 e. The summed E-state index contributed by atoms with van der Waals surface area (Å²) in [5, 5.41) is 0. The third kappa shape index (κ3) is 2.90. The molecule has 0 amide bonds. The number of aryl methyl sites for hydroxylation is 1. The van der Waals surface area contributed by atoms with E-state index in [1.807, 2.05) is 0 Å². The standard InChI is InChI=1S/C9H8BrF3O/c1-5-4-6(2-3-7(5)10)14-9(13)8(11)12/h2-4,8-9H,1H3. The van der Waals surface area contributed by atoms with Crippen molar-refractivity contribution in [2.75, 3.05) is 0 Å². The van der Waals surface area contributed by atoms with Gasteiger partial charge in [-0.25, -0.2) is 8.78 Å². The maximum Gasteiger partial charge on any atom is 0.304 e. The molecule has 0 heterocycles. The van der Waals surface area contributed by atoms with Crippen LogP contribution in [0.25, 0.3) is 0 Å². The maximum absolute atomic E-state index is 12.5. The first-order valence-electron chi connectivity index (χ1n) is 3.85. The molecule has 0 N–H and O–H groups in total. The molecule has 5 heteroatoms. The van der Waals surface area contributed by atoms with E-state index in [1.165, 1.54) is 12.1 Å². The van der Waals surface area contributed by atoms with E-state index in [2.05, 4.69) is 20.7 Å². The summed E-state index contributed by atoms with van der Waals surface area (Å²) in [5.41, 5.74) is 0.795. The van der Waals surface area contributed by atoms with E-state index in [4.69, 9.17) is 0 Å². The summed E-state index contributed by atoms with van der Waals surface area (Å²) < 4.78 is 41.2. The molecule has 0 aliphatic rings. The van der Waals surface area contributed by atoms with Gasteiger partial charge in [-0.2, -0.15) is 4.39 Å². The number of benzene rings is 1. The maximum atomic E-state index is 12.5. The molecule has 0 bridgehead atoms. The minimum atomic E-state index is -3.13. The van der Waals surface area contributed by atoms with Gasteiger partial charge in [0.2, 0.25) is 0 Å². The molecule has 0 spiro atoms. The van der Waals surface area contributed by atoms with E-state index in [-0.39, 0.29) is 5.75 Å². The molecule has 1 atom stereocenters. The zero-order chi connectivity index (χ0) is 10.7. The lowest BCUT2D eigenvalue weighted by Gasteiger charge is -2.11. The Hall–Kier alpha value is -0.710. The van der Waals surface area contributed by atoms with Crippen LogP contribution in [0.4, 0.5) is 13.2 Å². The normalized spacial score (nSPS) is 13.0. The minimum absolute atomic E-state index is 0.0958. The van der Waals surface area contributed by atoms with Crippen LogP contribution in [-0.2, 0) is 0 Å². The van der Waals surface area contributed by atoms with Gasteiger partial charge in [0.25, 0.3) is 6.36 Å². The lowest BCUT2D eigenvalue weighted by Crippen LogP contribution is -2.19. The average molecular weight is 269 g/mol. The number of alkyl halides is 3. The zero-order valence-corrected chi connectivity index (χ0v) is 8.89. The van der Waals surface area contributed by atoms with Gasteiger partial charge in [0.15, 0.2) is 0 Å². The second-order valence-electron chi connectivity index (χ2n) is 2.71.